The van der Waals surface area contributed by atoms with E-state index in [2.05, 4.69) is 26.6 Å². The van der Waals surface area contributed by atoms with Crippen molar-refractivity contribution in [3.8, 4) is 0 Å². The van der Waals surface area contributed by atoms with Crippen LogP contribution in [0, 0.1) is 0 Å². The van der Waals surface area contributed by atoms with Crippen molar-refractivity contribution in [2.24, 2.45) is 0 Å². The fourth-order valence-electron chi connectivity index (χ4n) is 3.50. The summed E-state index contributed by atoms with van der Waals surface area (Å²) in [6, 6.07) is 13.5. The lowest BCUT2D eigenvalue weighted by Crippen LogP contribution is -2.38. The van der Waals surface area contributed by atoms with Crippen molar-refractivity contribution in [3.63, 3.8) is 0 Å². The van der Waals surface area contributed by atoms with E-state index in [1.54, 1.807) is 49.5 Å². The summed E-state index contributed by atoms with van der Waals surface area (Å²) in [5.41, 5.74) is 1.06. The summed E-state index contributed by atoms with van der Waals surface area (Å²) in [7, 11) is -1.89. The maximum Gasteiger partial charge on any atom is 0.258 e. The third kappa shape index (κ3) is 5.46. The smallest absolute Gasteiger partial charge is 0.258 e. The molecule has 2 N–H and O–H groups in total. The molecule has 2 aromatic carbocycles. The van der Waals surface area contributed by atoms with Gasteiger partial charge in [0.1, 0.15) is 0 Å². The van der Waals surface area contributed by atoms with Crippen LogP contribution in [-0.4, -0.2) is 36.8 Å². The van der Waals surface area contributed by atoms with Gasteiger partial charge in [-0.1, -0.05) is 31.4 Å². The Balaban J connectivity index is 1.63. The molecule has 0 saturated heterocycles. The first-order valence-corrected chi connectivity index (χ1v) is 12.4. The average Bonchev–Trinajstić information content (AvgIpc) is 2.74. The number of amides is 1. The van der Waals surface area contributed by atoms with Crippen molar-refractivity contribution in [3.05, 3.63) is 58.6 Å². The molecule has 0 unspecified atom stereocenters. The molecule has 1 fully saturated rings. The molecule has 2 aromatic rings. The molecule has 3 rings (SSSR count). The molecule has 6 nitrogen and oxygen atoms in total. The third-order valence-corrected chi connectivity index (χ3v) is 8.04. The molecular weight excluding hydrogens is 486 g/mol. The molecular formula is C21H24BrN3O3S2. The zero-order valence-corrected chi connectivity index (χ0v) is 19.8. The van der Waals surface area contributed by atoms with Gasteiger partial charge in [0.25, 0.3) is 5.91 Å². The van der Waals surface area contributed by atoms with Crippen molar-refractivity contribution >= 4 is 54.9 Å². The van der Waals surface area contributed by atoms with Crippen LogP contribution in [0.2, 0.25) is 0 Å². The zero-order valence-electron chi connectivity index (χ0n) is 16.6. The predicted molar refractivity (Wildman–Crippen MR) is 126 cm³/mol. The number of hydrogen-bond donors (Lipinski definition) is 2. The first-order chi connectivity index (χ1) is 14.3. The molecule has 9 heteroatoms. The van der Waals surface area contributed by atoms with E-state index in [1.807, 2.05) is 6.07 Å². The number of hydrogen-bond acceptors (Lipinski definition) is 4. The van der Waals surface area contributed by atoms with Crippen molar-refractivity contribution < 1.29 is 13.2 Å². The van der Waals surface area contributed by atoms with Crippen LogP contribution < -0.4 is 10.6 Å². The summed E-state index contributed by atoms with van der Waals surface area (Å²) in [5.74, 6) is -0.340. The second-order valence-electron chi connectivity index (χ2n) is 7.23. The Morgan fingerprint density at radius 3 is 2.33 bits per heavy atom. The molecule has 160 valence electrons. The van der Waals surface area contributed by atoms with Crippen LogP contribution in [0.15, 0.2) is 57.9 Å². The van der Waals surface area contributed by atoms with E-state index < -0.39 is 10.0 Å². The van der Waals surface area contributed by atoms with Gasteiger partial charge >= 0.3 is 0 Å². The molecule has 0 radical (unpaired) electrons. The number of carbonyl (C=O) groups excluding carboxylic acids is 1. The number of benzene rings is 2. The molecule has 0 aliphatic heterocycles. The number of carbonyl (C=O) groups is 1. The highest BCUT2D eigenvalue weighted by Gasteiger charge is 2.28. The highest BCUT2D eigenvalue weighted by Crippen LogP contribution is 2.27. The van der Waals surface area contributed by atoms with E-state index >= 15 is 0 Å². The van der Waals surface area contributed by atoms with Crippen molar-refractivity contribution in [2.45, 2.75) is 43.0 Å². The van der Waals surface area contributed by atoms with Crippen LogP contribution in [0.4, 0.5) is 5.69 Å². The van der Waals surface area contributed by atoms with E-state index in [9.17, 15) is 13.2 Å². The fourth-order valence-corrected chi connectivity index (χ4v) is 5.59. The zero-order chi connectivity index (χ0) is 21.7. The number of sulfonamides is 1. The van der Waals surface area contributed by atoms with Crippen molar-refractivity contribution in [2.75, 3.05) is 12.4 Å². The van der Waals surface area contributed by atoms with Crippen molar-refractivity contribution in [1.29, 1.82) is 0 Å². The Bertz CT molecular complexity index is 1020. The maximum absolute atomic E-state index is 12.9. The number of rotatable bonds is 5. The number of anilines is 1. The lowest BCUT2D eigenvalue weighted by atomic mass is 9.96. The molecule has 0 aromatic heterocycles. The monoisotopic (exact) mass is 509 g/mol. The van der Waals surface area contributed by atoms with Crippen LogP contribution in [0.5, 0.6) is 0 Å². The summed E-state index contributed by atoms with van der Waals surface area (Å²) in [6.45, 7) is 0. The van der Waals surface area contributed by atoms with Crippen LogP contribution in [0.25, 0.3) is 0 Å². The minimum atomic E-state index is -3.55. The molecule has 1 saturated carbocycles. The minimum absolute atomic E-state index is 0.0571. The lowest BCUT2D eigenvalue weighted by molar-refractivity contribution is 0.0977. The van der Waals surface area contributed by atoms with Crippen LogP contribution in [0.1, 0.15) is 42.5 Å². The average molecular weight is 510 g/mol. The Morgan fingerprint density at radius 1 is 1.07 bits per heavy atom. The van der Waals surface area contributed by atoms with Gasteiger partial charge < -0.3 is 5.32 Å². The van der Waals surface area contributed by atoms with Gasteiger partial charge in [-0.05, 0) is 77.4 Å². The van der Waals surface area contributed by atoms with Gasteiger partial charge in [0.05, 0.1) is 10.5 Å². The maximum atomic E-state index is 12.9. The van der Waals surface area contributed by atoms with Gasteiger partial charge in [0, 0.05) is 23.2 Å². The number of thiocarbonyl (C=S) groups is 1. The van der Waals surface area contributed by atoms with E-state index in [-0.39, 0.29) is 22.0 Å². The van der Waals surface area contributed by atoms with Crippen LogP contribution in [0.3, 0.4) is 0 Å². The van der Waals surface area contributed by atoms with E-state index in [1.165, 1.54) is 10.7 Å². The second kappa shape index (κ2) is 10.00. The Labute approximate surface area is 191 Å². The minimum Gasteiger partial charge on any atom is -0.332 e. The summed E-state index contributed by atoms with van der Waals surface area (Å²) in [5, 5.41) is 5.66. The Hall–Kier alpha value is -1.81. The van der Waals surface area contributed by atoms with Crippen LogP contribution in [-0.2, 0) is 10.0 Å². The molecule has 1 aliphatic rings. The van der Waals surface area contributed by atoms with E-state index in [4.69, 9.17) is 12.2 Å². The summed E-state index contributed by atoms with van der Waals surface area (Å²) in [6.07, 6.45) is 5.11. The molecule has 30 heavy (non-hydrogen) atoms. The van der Waals surface area contributed by atoms with Gasteiger partial charge in [0.2, 0.25) is 10.0 Å². The van der Waals surface area contributed by atoms with Gasteiger partial charge in [-0.2, -0.15) is 4.31 Å². The summed E-state index contributed by atoms with van der Waals surface area (Å²) in [4.78, 5) is 12.6. The van der Waals surface area contributed by atoms with Gasteiger partial charge in [-0.25, -0.2) is 8.42 Å². The van der Waals surface area contributed by atoms with Crippen molar-refractivity contribution in [1.82, 2.24) is 9.62 Å². The molecule has 1 aliphatic carbocycles. The second-order valence-corrected chi connectivity index (χ2v) is 10.5. The molecule has 0 spiro atoms. The third-order valence-electron chi connectivity index (χ3n) is 5.22. The Morgan fingerprint density at radius 2 is 1.70 bits per heavy atom. The number of halogens is 1. The molecule has 0 heterocycles. The quantitative estimate of drug-likeness (QED) is 0.578. The highest BCUT2D eigenvalue weighted by molar-refractivity contribution is 9.10. The normalized spacial score (nSPS) is 15.0. The van der Waals surface area contributed by atoms with Gasteiger partial charge in [-0.3, -0.25) is 10.1 Å². The number of nitrogens with zero attached hydrogens (tertiary/aromatic N) is 1. The van der Waals surface area contributed by atoms with E-state index in [0.717, 1.165) is 25.7 Å². The standard InChI is InChI=1S/C21H24BrN3O3S2/c1-25(16-7-3-2-4-8-16)30(27,28)17-13-11-15(12-14-17)23-21(29)24-20(26)18-9-5-6-10-19(18)22/h5-6,9-14,16H,2-4,7-8H2,1H3,(H2,23,24,26,29). The fraction of sp³-hybridized carbons (Fsp3) is 0.333. The largest absolute Gasteiger partial charge is 0.332 e. The SMILES string of the molecule is CN(C1CCCCC1)S(=O)(=O)c1ccc(NC(=S)NC(=O)c2ccccc2Br)cc1. The first kappa shape index (κ1) is 22.9. The van der Waals surface area contributed by atoms with Crippen LogP contribution >= 0.6 is 28.1 Å². The summed E-state index contributed by atoms with van der Waals surface area (Å²) >= 11 is 8.54. The predicted octanol–water partition coefficient (Wildman–Crippen LogP) is 4.53. The molecule has 1 amide bonds. The molecule has 0 atom stereocenters. The van der Waals surface area contributed by atoms with Gasteiger partial charge in [0.15, 0.2) is 5.11 Å². The van der Waals surface area contributed by atoms with Gasteiger partial charge in [-0.15, -0.1) is 0 Å². The van der Waals surface area contributed by atoms with E-state index in [0.29, 0.717) is 15.7 Å². The Kier molecular flexibility index (Phi) is 7.62. The highest BCUT2D eigenvalue weighted by atomic mass is 79.9. The first-order valence-electron chi connectivity index (χ1n) is 9.74. The lowest BCUT2D eigenvalue weighted by Gasteiger charge is -2.30. The topological polar surface area (TPSA) is 78.5 Å². The molecule has 0 bridgehead atoms. The summed E-state index contributed by atoms with van der Waals surface area (Å²) < 4.78 is 28.0. The number of nitrogens with one attached hydrogen (secondary N) is 2.